The van der Waals surface area contributed by atoms with Gasteiger partial charge in [-0.25, -0.2) is 4.39 Å². The molecule has 1 aromatic heterocycles. The molecule has 1 fully saturated rings. The Hall–Kier alpha value is -1.36. The maximum Gasteiger partial charge on any atom is 0.147 e. The third-order valence-electron chi connectivity index (χ3n) is 3.61. The molecule has 0 radical (unpaired) electrons. The van der Waals surface area contributed by atoms with Crippen LogP contribution in [0.2, 0.25) is 5.02 Å². The minimum Gasteiger partial charge on any atom is -0.467 e. The van der Waals surface area contributed by atoms with E-state index in [2.05, 4.69) is 10.2 Å². The molecule has 0 bridgehead atoms. The SMILES string of the molecule is Fc1c(Cl)cccc1[C@@H](c1ccco1)N1CCNCC1. The van der Waals surface area contributed by atoms with Crippen LogP contribution < -0.4 is 5.32 Å². The van der Waals surface area contributed by atoms with E-state index in [0.29, 0.717) is 5.56 Å². The zero-order valence-electron chi connectivity index (χ0n) is 11.0. The molecular formula is C15H16ClFN2O. The highest BCUT2D eigenvalue weighted by atomic mass is 35.5. The van der Waals surface area contributed by atoms with E-state index in [1.165, 1.54) is 0 Å². The second-order valence-electron chi connectivity index (χ2n) is 4.85. The number of nitrogens with one attached hydrogen (secondary N) is 1. The molecule has 0 unspecified atom stereocenters. The molecule has 20 heavy (non-hydrogen) atoms. The highest BCUT2D eigenvalue weighted by molar-refractivity contribution is 6.30. The van der Waals surface area contributed by atoms with E-state index in [9.17, 15) is 4.39 Å². The van der Waals surface area contributed by atoms with Crippen molar-refractivity contribution >= 4 is 11.6 Å². The first-order valence-corrected chi connectivity index (χ1v) is 7.07. The summed E-state index contributed by atoms with van der Waals surface area (Å²) < 4.78 is 19.9. The number of furan rings is 1. The maximum atomic E-state index is 14.4. The molecule has 0 saturated carbocycles. The Balaban J connectivity index is 2.03. The third-order valence-corrected chi connectivity index (χ3v) is 3.90. The molecule has 3 nitrogen and oxygen atoms in total. The highest BCUT2D eigenvalue weighted by Crippen LogP contribution is 2.33. The standard InChI is InChI=1S/C15H16ClFN2O/c16-12-4-1-3-11(14(12)17)15(13-5-2-10-20-13)19-8-6-18-7-9-19/h1-5,10,15,18H,6-9H2/t15-/m0/s1. The van der Waals surface area contributed by atoms with E-state index >= 15 is 0 Å². The lowest BCUT2D eigenvalue weighted by atomic mass is 10.0. The first kappa shape index (κ1) is 13.6. The smallest absolute Gasteiger partial charge is 0.147 e. The van der Waals surface area contributed by atoms with Crippen LogP contribution in [0.1, 0.15) is 17.4 Å². The van der Waals surface area contributed by atoms with Gasteiger partial charge in [0, 0.05) is 31.7 Å². The monoisotopic (exact) mass is 294 g/mol. The summed E-state index contributed by atoms with van der Waals surface area (Å²) >= 11 is 5.92. The summed E-state index contributed by atoms with van der Waals surface area (Å²) in [7, 11) is 0. The molecule has 106 valence electrons. The highest BCUT2D eigenvalue weighted by Gasteiger charge is 2.28. The van der Waals surface area contributed by atoms with Crippen molar-refractivity contribution in [2.45, 2.75) is 6.04 Å². The van der Waals surface area contributed by atoms with Crippen molar-refractivity contribution in [1.82, 2.24) is 10.2 Å². The molecule has 2 aromatic rings. The lowest BCUT2D eigenvalue weighted by molar-refractivity contribution is 0.177. The summed E-state index contributed by atoms with van der Waals surface area (Å²) in [6, 6.07) is 8.60. The van der Waals surface area contributed by atoms with Crippen LogP contribution in [0.25, 0.3) is 0 Å². The molecule has 5 heteroatoms. The molecule has 1 aromatic carbocycles. The van der Waals surface area contributed by atoms with Gasteiger partial charge in [-0.05, 0) is 18.2 Å². The largest absolute Gasteiger partial charge is 0.467 e. The fourth-order valence-electron chi connectivity index (χ4n) is 2.65. The molecule has 0 aliphatic carbocycles. The minimum atomic E-state index is -0.367. The van der Waals surface area contributed by atoms with Gasteiger partial charge in [0.15, 0.2) is 0 Å². The number of hydrogen-bond donors (Lipinski definition) is 1. The van der Waals surface area contributed by atoms with E-state index < -0.39 is 0 Å². The first-order chi connectivity index (χ1) is 9.77. The van der Waals surface area contributed by atoms with Crippen LogP contribution in [0.15, 0.2) is 41.0 Å². The van der Waals surface area contributed by atoms with Crippen molar-refractivity contribution in [3.63, 3.8) is 0 Å². The third kappa shape index (κ3) is 2.59. The van der Waals surface area contributed by atoms with Gasteiger partial charge >= 0.3 is 0 Å². The van der Waals surface area contributed by atoms with Gasteiger partial charge in [0.2, 0.25) is 0 Å². The average Bonchev–Trinajstić information content (AvgIpc) is 2.99. The minimum absolute atomic E-state index is 0.147. The van der Waals surface area contributed by atoms with E-state index in [0.717, 1.165) is 31.9 Å². The molecule has 2 heterocycles. The molecule has 0 amide bonds. The van der Waals surface area contributed by atoms with Crippen molar-refractivity contribution in [2.75, 3.05) is 26.2 Å². The second-order valence-corrected chi connectivity index (χ2v) is 5.25. The molecule has 1 aliphatic heterocycles. The van der Waals surface area contributed by atoms with Crippen molar-refractivity contribution in [3.8, 4) is 0 Å². The van der Waals surface area contributed by atoms with Gasteiger partial charge in [-0.15, -0.1) is 0 Å². The molecule has 1 saturated heterocycles. The van der Waals surface area contributed by atoms with Gasteiger partial charge in [0.05, 0.1) is 17.3 Å². The molecule has 1 N–H and O–H groups in total. The number of halogens is 2. The first-order valence-electron chi connectivity index (χ1n) is 6.69. The van der Waals surface area contributed by atoms with E-state index in [4.69, 9.17) is 16.0 Å². The summed E-state index contributed by atoms with van der Waals surface area (Å²) in [5, 5.41) is 3.45. The summed E-state index contributed by atoms with van der Waals surface area (Å²) in [5.74, 6) is 0.377. The van der Waals surface area contributed by atoms with Crippen LogP contribution in [0, 0.1) is 5.82 Å². The Morgan fingerprint density at radius 2 is 2.00 bits per heavy atom. The Bertz CT molecular complexity index is 567. The predicted octanol–water partition coefficient (Wildman–Crippen LogP) is 3.07. The molecule has 3 rings (SSSR count). The van der Waals surface area contributed by atoms with Crippen LogP contribution in [-0.4, -0.2) is 31.1 Å². The van der Waals surface area contributed by atoms with E-state index in [1.807, 2.05) is 12.1 Å². The summed E-state index contributed by atoms with van der Waals surface area (Å²) in [4.78, 5) is 2.21. The van der Waals surface area contributed by atoms with Crippen LogP contribution in [0.3, 0.4) is 0 Å². The number of nitrogens with zero attached hydrogens (tertiary/aromatic N) is 1. The van der Waals surface area contributed by atoms with Gasteiger partial charge in [-0.3, -0.25) is 4.90 Å². The number of rotatable bonds is 3. The summed E-state index contributed by atoms with van der Waals surface area (Å²) in [5.41, 5.74) is 0.564. The summed E-state index contributed by atoms with van der Waals surface area (Å²) in [6.07, 6.45) is 1.62. The molecule has 1 atom stereocenters. The average molecular weight is 295 g/mol. The van der Waals surface area contributed by atoms with Crippen molar-refractivity contribution < 1.29 is 8.81 Å². The zero-order chi connectivity index (χ0) is 13.9. The van der Waals surface area contributed by atoms with Gasteiger partial charge in [-0.2, -0.15) is 0 Å². The molecular weight excluding hydrogens is 279 g/mol. The van der Waals surface area contributed by atoms with E-state index in [1.54, 1.807) is 24.5 Å². The van der Waals surface area contributed by atoms with Gasteiger partial charge < -0.3 is 9.73 Å². The predicted molar refractivity (Wildman–Crippen MR) is 76.4 cm³/mol. The number of hydrogen-bond acceptors (Lipinski definition) is 3. The van der Waals surface area contributed by atoms with Crippen molar-refractivity contribution in [2.24, 2.45) is 0 Å². The number of piperazine rings is 1. The molecule has 0 spiro atoms. The zero-order valence-corrected chi connectivity index (χ0v) is 11.7. The van der Waals surface area contributed by atoms with E-state index in [-0.39, 0.29) is 16.9 Å². The fourth-order valence-corrected chi connectivity index (χ4v) is 2.83. The lowest BCUT2D eigenvalue weighted by Gasteiger charge is -2.34. The van der Waals surface area contributed by atoms with Crippen LogP contribution in [0.5, 0.6) is 0 Å². The van der Waals surface area contributed by atoms with Crippen LogP contribution >= 0.6 is 11.6 Å². The second kappa shape index (κ2) is 5.95. The number of benzene rings is 1. The normalized spacial score (nSPS) is 18.1. The Morgan fingerprint density at radius 3 is 2.70 bits per heavy atom. The Kier molecular flexibility index (Phi) is 4.05. The maximum absolute atomic E-state index is 14.4. The Morgan fingerprint density at radius 1 is 1.20 bits per heavy atom. The molecule has 1 aliphatic rings. The van der Waals surface area contributed by atoms with Crippen molar-refractivity contribution in [1.29, 1.82) is 0 Å². The topological polar surface area (TPSA) is 28.4 Å². The van der Waals surface area contributed by atoms with Crippen LogP contribution in [-0.2, 0) is 0 Å². The van der Waals surface area contributed by atoms with Gasteiger partial charge in [0.25, 0.3) is 0 Å². The van der Waals surface area contributed by atoms with Crippen LogP contribution in [0.4, 0.5) is 4.39 Å². The summed E-state index contributed by atoms with van der Waals surface area (Å²) in [6.45, 7) is 3.47. The van der Waals surface area contributed by atoms with Gasteiger partial charge in [0.1, 0.15) is 11.6 Å². The fraction of sp³-hybridized carbons (Fsp3) is 0.333. The quantitative estimate of drug-likeness (QED) is 0.943. The lowest BCUT2D eigenvalue weighted by Crippen LogP contribution is -2.45. The van der Waals surface area contributed by atoms with Crippen molar-refractivity contribution in [3.05, 3.63) is 58.8 Å². The van der Waals surface area contributed by atoms with Gasteiger partial charge in [-0.1, -0.05) is 23.7 Å². The Labute approximate surface area is 122 Å².